The SMILES string of the molecule is CC1(C)NC(=O)N(CCSc2nccn2-c2cccc(Cl)c2)C1=O. The zero-order valence-electron chi connectivity index (χ0n) is 13.3. The van der Waals surface area contributed by atoms with Crippen molar-refractivity contribution < 1.29 is 9.59 Å². The van der Waals surface area contributed by atoms with Gasteiger partial charge in [0.05, 0.1) is 0 Å². The van der Waals surface area contributed by atoms with Crippen molar-refractivity contribution in [3.05, 3.63) is 41.7 Å². The Hall–Kier alpha value is -1.99. The molecular weight excluding hydrogens is 348 g/mol. The minimum Gasteiger partial charge on any atom is -0.324 e. The number of amides is 3. The predicted octanol–water partition coefficient (Wildman–Crippen LogP) is 2.95. The smallest absolute Gasteiger partial charge is 0.324 e. The molecular formula is C16H17ClN4O2S. The van der Waals surface area contributed by atoms with Crippen LogP contribution in [0, 0.1) is 0 Å². The van der Waals surface area contributed by atoms with Crippen molar-refractivity contribution in [3.8, 4) is 5.69 Å². The van der Waals surface area contributed by atoms with Crippen molar-refractivity contribution in [2.45, 2.75) is 24.5 Å². The molecule has 0 atom stereocenters. The molecule has 0 radical (unpaired) electrons. The van der Waals surface area contributed by atoms with Gasteiger partial charge in [-0.25, -0.2) is 9.78 Å². The van der Waals surface area contributed by atoms with Gasteiger partial charge in [0, 0.05) is 35.4 Å². The van der Waals surface area contributed by atoms with Crippen LogP contribution in [-0.4, -0.2) is 44.2 Å². The van der Waals surface area contributed by atoms with E-state index in [9.17, 15) is 9.59 Å². The van der Waals surface area contributed by atoms with Crippen LogP contribution in [0.4, 0.5) is 4.79 Å². The van der Waals surface area contributed by atoms with E-state index in [4.69, 9.17) is 11.6 Å². The highest BCUT2D eigenvalue weighted by atomic mass is 35.5. The topological polar surface area (TPSA) is 67.2 Å². The maximum atomic E-state index is 12.2. The molecule has 2 aromatic rings. The minimum absolute atomic E-state index is 0.203. The highest BCUT2D eigenvalue weighted by molar-refractivity contribution is 7.99. The number of halogens is 1. The number of imidazole rings is 1. The Bertz CT molecular complexity index is 790. The normalized spacial score (nSPS) is 16.5. The van der Waals surface area contributed by atoms with Gasteiger partial charge in [0.25, 0.3) is 5.91 Å². The third-order valence-corrected chi connectivity index (χ3v) is 4.87. The lowest BCUT2D eigenvalue weighted by molar-refractivity contribution is -0.130. The Morgan fingerprint density at radius 3 is 2.79 bits per heavy atom. The molecule has 1 aromatic carbocycles. The monoisotopic (exact) mass is 364 g/mol. The third-order valence-electron chi connectivity index (χ3n) is 3.68. The van der Waals surface area contributed by atoms with Gasteiger partial charge in [0.2, 0.25) is 0 Å². The number of urea groups is 1. The van der Waals surface area contributed by atoms with E-state index in [0.29, 0.717) is 17.3 Å². The molecule has 0 unspecified atom stereocenters. The second kappa shape index (κ2) is 6.49. The lowest BCUT2D eigenvalue weighted by atomic mass is 10.1. The van der Waals surface area contributed by atoms with E-state index >= 15 is 0 Å². The molecule has 126 valence electrons. The van der Waals surface area contributed by atoms with Crippen molar-refractivity contribution in [1.29, 1.82) is 0 Å². The van der Waals surface area contributed by atoms with E-state index in [1.807, 2.05) is 35.0 Å². The van der Waals surface area contributed by atoms with E-state index in [1.165, 1.54) is 16.7 Å². The predicted molar refractivity (Wildman–Crippen MR) is 93.6 cm³/mol. The Labute approximate surface area is 149 Å². The summed E-state index contributed by atoms with van der Waals surface area (Å²) >= 11 is 7.51. The zero-order valence-corrected chi connectivity index (χ0v) is 14.9. The molecule has 0 saturated carbocycles. The van der Waals surface area contributed by atoms with Crippen LogP contribution in [0.1, 0.15) is 13.8 Å². The van der Waals surface area contributed by atoms with Crippen LogP contribution in [0.5, 0.6) is 0 Å². The Morgan fingerprint density at radius 2 is 2.12 bits per heavy atom. The largest absolute Gasteiger partial charge is 0.325 e. The van der Waals surface area contributed by atoms with E-state index in [-0.39, 0.29) is 11.9 Å². The fourth-order valence-electron chi connectivity index (χ4n) is 2.47. The Morgan fingerprint density at radius 1 is 1.33 bits per heavy atom. The molecule has 1 saturated heterocycles. The summed E-state index contributed by atoms with van der Waals surface area (Å²) in [5, 5.41) is 4.11. The number of nitrogens with one attached hydrogen (secondary N) is 1. The molecule has 2 heterocycles. The van der Waals surface area contributed by atoms with Crippen LogP contribution < -0.4 is 5.32 Å². The average molecular weight is 365 g/mol. The van der Waals surface area contributed by atoms with Crippen LogP contribution in [0.25, 0.3) is 5.69 Å². The fraction of sp³-hybridized carbons (Fsp3) is 0.312. The molecule has 3 amide bonds. The van der Waals surface area contributed by atoms with Gasteiger partial charge in [-0.05, 0) is 32.0 Å². The van der Waals surface area contributed by atoms with Gasteiger partial charge in [-0.15, -0.1) is 0 Å². The molecule has 1 aliphatic rings. The van der Waals surface area contributed by atoms with Gasteiger partial charge in [0.15, 0.2) is 5.16 Å². The van der Waals surface area contributed by atoms with Crippen LogP contribution in [0.2, 0.25) is 5.02 Å². The molecule has 1 N–H and O–H groups in total. The summed E-state index contributed by atoms with van der Waals surface area (Å²) in [6.45, 7) is 3.74. The number of nitrogens with zero attached hydrogens (tertiary/aromatic N) is 3. The highest BCUT2D eigenvalue weighted by Crippen LogP contribution is 2.23. The van der Waals surface area contributed by atoms with Crippen molar-refractivity contribution in [2.24, 2.45) is 0 Å². The number of imide groups is 1. The fourth-order valence-corrected chi connectivity index (χ4v) is 3.55. The molecule has 0 bridgehead atoms. The first kappa shape index (κ1) is 16.9. The Kier molecular flexibility index (Phi) is 4.56. The van der Waals surface area contributed by atoms with Crippen LogP contribution >= 0.6 is 23.4 Å². The number of hydrogen-bond donors (Lipinski definition) is 1. The molecule has 0 aliphatic carbocycles. The number of carbonyl (C=O) groups is 2. The van der Waals surface area contributed by atoms with E-state index in [2.05, 4.69) is 10.3 Å². The molecule has 0 spiro atoms. The van der Waals surface area contributed by atoms with Gasteiger partial charge in [-0.3, -0.25) is 14.3 Å². The number of hydrogen-bond acceptors (Lipinski definition) is 4. The standard InChI is InChI=1S/C16H17ClN4O2S/c1-16(2)13(22)21(14(23)19-16)8-9-24-15-18-6-7-20(15)12-5-3-4-11(17)10-12/h3-7,10H,8-9H2,1-2H3,(H,19,23). The summed E-state index contributed by atoms with van der Waals surface area (Å²) in [5.41, 5.74) is 0.0831. The maximum absolute atomic E-state index is 12.2. The first-order valence-electron chi connectivity index (χ1n) is 7.45. The summed E-state index contributed by atoms with van der Waals surface area (Å²) in [5.74, 6) is 0.360. The summed E-state index contributed by atoms with van der Waals surface area (Å²) in [6.07, 6.45) is 3.56. The lowest BCUT2D eigenvalue weighted by Gasteiger charge is -2.15. The number of benzene rings is 1. The molecule has 6 nitrogen and oxygen atoms in total. The molecule has 3 rings (SSSR count). The van der Waals surface area contributed by atoms with E-state index in [0.717, 1.165) is 10.8 Å². The van der Waals surface area contributed by atoms with Crippen molar-refractivity contribution in [1.82, 2.24) is 19.8 Å². The van der Waals surface area contributed by atoms with Crippen molar-refractivity contribution in [2.75, 3.05) is 12.3 Å². The van der Waals surface area contributed by atoms with Crippen molar-refractivity contribution in [3.63, 3.8) is 0 Å². The van der Waals surface area contributed by atoms with Gasteiger partial charge in [0.1, 0.15) is 5.54 Å². The summed E-state index contributed by atoms with van der Waals surface area (Å²) in [7, 11) is 0. The lowest BCUT2D eigenvalue weighted by Crippen LogP contribution is -2.40. The zero-order chi connectivity index (χ0) is 17.3. The van der Waals surface area contributed by atoms with Crippen LogP contribution in [-0.2, 0) is 4.79 Å². The average Bonchev–Trinajstić information content (AvgIpc) is 3.05. The molecule has 1 fully saturated rings. The maximum Gasteiger partial charge on any atom is 0.325 e. The molecule has 1 aromatic heterocycles. The molecule has 1 aliphatic heterocycles. The van der Waals surface area contributed by atoms with Gasteiger partial charge >= 0.3 is 6.03 Å². The molecule has 8 heteroatoms. The van der Waals surface area contributed by atoms with E-state index in [1.54, 1.807) is 20.0 Å². The summed E-state index contributed by atoms with van der Waals surface area (Å²) in [4.78, 5) is 29.6. The Balaban J connectivity index is 1.66. The summed E-state index contributed by atoms with van der Waals surface area (Å²) in [6, 6.07) is 7.14. The minimum atomic E-state index is -0.832. The third kappa shape index (κ3) is 3.27. The summed E-state index contributed by atoms with van der Waals surface area (Å²) < 4.78 is 1.92. The quantitative estimate of drug-likeness (QED) is 0.654. The van der Waals surface area contributed by atoms with Gasteiger partial charge in [-0.2, -0.15) is 0 Å². The molecule has 24 heavy (non-hydrogen) atoms. The van der Waals surface area contributed by atoms with Gasteiger partial charge in [-0.1, -0.05) is 29.4 Å². The number of carbonyl (C=O) groups excluding carboxylic acids is 2. The number of aromatic nitrogens is 2. The first-order chi connectivity index (χ1) is 11.4. The van der Waals surface area contributed by atoms with E-state index < -0.39 is 5.54 Å². The van der Waals surface area contributed by atoms with Gasteiger partial charge < -0.3 is 5.32 Å². The highest BCUT2D eigenvalue weighted by Gasteiger charge is 2.43. The first-order valence-corrected chi connectivity index (χ1v) is 8.81. The second-order valence-electron chi connectivity index (χ2n) is 5.92. The van der Waals surface area contributed by atoms with Crippen LogP contribution in [0.3, 0.4) is 0 Å². The van der Waals surface area contributed by atoms with Crippen LogP contribution in [0.15, 0.2) is 41.8 Å². The van der Waals surface area contributed by atoms with Crippen molar-refractivity contribution >= 4 is 35.3 Å². The number of rotatable bonds is 5. The second-order valence-corrected chi connectivity index (χ2v) is 7.42. The number of thioether (sulfide) groups is 1.